The second kappa shape index (κ2) is 9.18. The molecule has 2 rings (SSSR count). The van der Waals surface area contributed by atoms with Gasteiger partial charge in [0.1, 0.15) is 0 Å². The summed E-state index contributed by atoms with van der Waals surface area (Å²) in [5.74, 6) is -0.816. The number of thioether (sulfide) groups is 2. The number of para-hydroxylation sites is 1. The maximum Gasteiger partial charge on any atom is 0.446 e. The van der Waals surface area contributed by atoms with Gasteiger partial charge in [-0.05, 0) is 54.4 Å². The molecule has 0 aliphatic rings. The summed E-state index contributed by atoms with van der Waals surface area (Å²) in [6, 6.07) is 12.4. The molecule has 0 heterocycles. The third kappa shape index (κ3) is 6.51. The molecular formula is C18H17F3N2O2S2. The average Bonchev–Trinajstić information content (AvgIpc) is 2.60. The zero-order valence-electron chi connectivity index (χ0n) is 14.5. The van der Waals surface area contributed by atoms with Gasteiger partial charge in [-0.1, -0.05) is 12.1 Å². The number of nitrogens with one attached hydrogen (secondary N) is 1. The lowest BCUT2D eigenvalue weighted by atomic mass is 10.2. The van der Waals surface area contributed by atoms with E-state index in [-0.39, 0.29) is 34.7 Å². The molecule has 0 saturated carbocycles. The van der Waals surface area contributed by atoms with E-state index in [4.69, 9.17) is 0 Å². The van der Waals surface area contributed by atoms with E-state index in [9.17, 15) is 22.8 Å². The average molecular weight is 414 g/mol. The summed E-state index contributed by atoms with van der Waals surface area (Å²) < 4.78 is 37.0. The predicted molar refractivity (Wildman–Crippen MR) is 102 cm³/mol. The molecule has 2 aromatic carbocycles. The molecule has 9 heteroatoms. The normalized spacial score (nSPS) is 11.1. The Labute approximate surface area is 163 Å². The molecule has 4 nitrogen and oxygen atoms in total. The van der Waals surface area contributed by atoms with Gasteiger partial charge in [0.25, 0.3) is 5.91 Å². The van der Waals surface area contributed by atoms with Crippen LogP contribution in [0.1, 0.15) is 10.4 Å². The molecule has 2 amide bonds. The summed E-state index contributed by atoms with van der Waals surface area (Å²) in [5, 5.41) is 2.75. The van der Waals surface area contributed by atoms with Crippen molar-refractivity contribution in [2.75, 3.05) is 25.2 Å². The molecule has 0 bridgehead atoms. The second-order valence-electron chi connectivity index (χ2n) is 5.48. The fraction of sp³-hybridized carbons (Fsp3) is 0.222. The van der Waals surface area contributed by atoms with Gasteiger partial charge in [-0.3, -0.25) is 9.59 Å². The van der Waals surface area contributed by atoms with Gasteiger partial charge in [0, 0.05) is 22.4 Å². The van der Waals surface area contributed by atoms with Crippen molar-refractivity contribution >= 4 is 41.0 Å². The first-order valence-corrected chi connectivity index (χ1v) is 9.78. The number of rotatable bonds is 6. The van der Waals surface area contributed by atoms with E-state index in [1.807, 2.05) is 18.4 Å². The van der Waals surface area contributed by atoms with Crippen LogP contribution in [0.2, 0.25) is 0 Å². The summed E-state index contributed by atoms with van der Waals surface area (Å²) in [7, 11) is 1.46. The smallest absolute Gasteiger partial charge is 0.332 e. The van der Waals surface area contributed by atoms with E-state index >= 15 is 0 Å². The zero-order chi connectivity index (χ0) is 20.0. The number of likely N-dealkylation sites (N-methyl/N-ethyl adjacent to an activating group) is 1. The molecule has 0 aliphatic heterocycles. The van der Waals surface area contributed by atoms with E-state index in [1.54, 1.807) is 12.1 Å². The van der Waals surface area contributed by atoms with Gasteiger partial charge in [-0.2, -0.15) is 13.2 Å². The molecule has 0 spiro atoms. The van der Waals surface area contributed by atoms with E-state index in [2.05, 4.69) is 5.32 Å². The Bertz CT molecular complexity index is 811. The molecule has 2 aromatic rings. The third-order valence-corrected chi connectivity index (χ3v) is 4.98. The van der Waals surface area contributed by atoms with Gasteiger partial charge in [0.2, 0.25) is 5.91 Å². The van der Waals surface area contributed by atoms with Crippen LogP contribution in [0.15, 0.2) is 58.3 Å². The summed E-state index contributed by atoms with van der Waals surface area (Å²) >= 11 is 1.24. The van der Waals surface area contributed by atoms with E-state index < -0.39 is 11.4 Å². The van der Waals surface area contributed by atoms with Gasteiger partial charge in [-0.15, -0.1) is 11.8 Å². The van der Waals surface area contributed by atoms with Crippen molar-refractivity contribution in [3.63, 3.8) is 0 Å². The number of nitrogens with zero attached hydrogens (tertiary/aromatic N) is 1. The maximum atomic E-state index is 12.4. The molecule has 0 unspecified atom stereocenters. The molecular weight excluding hydrogens is 397 g/mol. The molecule has 0 atom stereocenters. The van der Waals surface area contributed by atoms with Gasteiger partial charge in [-0.25, -0.2) is 0 Å². The Morgan fingerprint density at radius 1 is 1.07 bits per heavy atom. The van der Waals surface area contributed by atoms with Crippen LogP contribution in [0.3, 0.4) is 0 Å². The van der Waals surface area contributed by atoms with Crippen LogP contribution in [-0.2, 0) is 4.79 Å². The number of benzene rings is 2. The van der Waals surface area contributed by atoms with E-state index in [1.165, 1.54) is 48.0 Å². The summed E-state index contributed by atoms with van der Waals surface area (Å²) in [6.07, 6.45) is 1.89. The summed E-state index contributed by atoms with van der Waals surface area (Å²) in [6.45, 7) is -0.180. The maximum absolute atomic E-state index is 12.4. The minimum absolute atomic E-state index is 0.00637. The number of hydrogen-bond acceptors (Lipinski definition) is 4. The Morgan fingerprint density at radius 3 is 2.30 bits per heavy atom. The SMILES string of the molecule is CSc1ccccc1NC(=O)CN(C)C(=O)c1ccc(SC(F)(F)F)cc1. The number of carbonyl (C=O) groups excluding carboxylic acids is 2. The zero-order valence-corrected chi connectivity index (χ0v) is 16.2. The van der Waals surface area contributed by atoms with E-state index in [0.717, 1.165) is 4.90 Å². The Balaban J connectivity index is 1.97. The summed E-state index contributed by atoms with van der Waals surface area (Å²) in [4.78, 5) is 26.7. The van der Waals surface area contributed by atoms with Crippen molar-refractivity contribution in [3.8, 4) is 0 Å². The fourth-order valence-corrected chi connectivity index (χ4v) is 3.34. The van der Waals surface area contributed by atoms with Crippen LogP contribution in [0, 0.1) is 0 Å². The van der Waals surface area contributed by atoms with Crippen LogP contribution in [0.5, 0.6) is 0 Å². The largest absolute Gasteiger partial charge is 0.446 e. The van der Waals surface area contributed by atoms with Gasteiger partial charge in [0.05, 0.1) is 12.2 Å². The lowest BCUT2D eigenvalue weighted by Gasteiger charge is -2.18. The number of hydrogen-bond donors (Lipinski definition) is 1. The van der Waals surface area contributed by atoms with Crippen LogP contribution >= 0.6 is 23.5 Å². The Kier molecular flexibility index (Phi) is 7.20. The van der Waals surface area contributed by atoms with Crippen molar-refractivity contribution in [1.82, 2.24) is 4.90 Å². The highest BCUT2D eigenvalue weighted by atomic mass is 32.2. The molecule has 1 N–H and O–H groups in total. The van der Waals surface area contributed by atoms with Crippen LogP contribution < -0.4 is 5.32 Å². The van der Waals surface area contributed by atoms with Gasteiger partial charge < -0.3 is 10.2 Å². The highest BCUT2D eigenvalue weighted by Crippen LogP contribution is 2.36. The van der Waals surface area contributed by atoms with E-state index in [0.29, 0.717) is 5.69 Å². The molecule has 0 saturated heterocycles. The lowest BCUT2D eigenvalue weighted by Crippen LogP contribution is -2.35. The quantitative estimate of drug-likeness (QED) is 0.695. The fourth-order valence-electron chi connectivity index (χ4n) is 2.24. The number of alkyl halides is 3. The number of halogens is 3. The van der Waals surface area contributed by atoms with Crippen LogP contribution in [0.25, 0.3) is 0 Å². The molecule has 0 fully saturated rings. The lowest BCUT2D eigenvalue weighted by molar-refractivity contribution is -0.116. The van der Waals surface area contributed by atoms with Crippen molar-refractivity contribution in [1.29, 1.82) is 0 Å². The van der Waals surface area contributed by atoms with Crippen molar-refractivity contribution < 1.29 is 22.8 Å². The first-order valence-electron chi connectivity index (χ1n) is 7.74. The molecule has 27 heavy (non-hydrogen) atoms. The molecule has 0 aromatic heterocycles. The van der Waals surface area contributed by atoms with Crippen LogP contribution in [-0.4, -0.2) is 42.1 Å². The number of anilines is 1. The third-order valence-electron chi connectivity index (χ3n) is 3.44. The highest BCUT2D eigenvalue weighted by molar-refractivity contribution is 8.00. The monoisotopic (exact) mass is 414 g/mol. The Morgan fingerprint density at radius 2 is 1.70 bits per heavy atom. The standard InChI is InChI=1S/C18H17F3N2O2S2/c1-23(11-16(24)22-14-5-3-4-6-15(14)26-2)17(25)12-7-9-13(10-8-12)27-18(19,20)21/h3-10H,11H2,1-2H3,(H,22,24). The minimum Gasteiger partial charge on any atom is -0.332 e. The molecule has 0 aliphatic carbocycles. The summed E-state index contributed by atoms with van der Waals surface area (Å²) in [5.41, 5.74) is -3.52. The number of amides is 2. The van der Waals surface area contributed by atoms with Crippen LogP contribution in [0.4, 0.5) is 18.9 Å². The first-order chi connectivity index (χ1) is 12.7. The van der Waals surface area contributed by atoms with Crippen molar-refractivity contribution in [2.45, 2.75) is 15.3 Å². The second-order valence-corrected chi connectivity index (χ2v) is 7.47. The molecule has 144 valence electrons. The molecule has 0 radical (unpaired) electrons. The number of carbonyl (C=O) groups is 2. The topological polar surface area (TPSA) is 49.4 Å². The predicted octanol–water partition coefficient (Wildman–Crippen LogP) is 4.73. The van der Waals surface area contributed by atoms with Crippen molar-refractivity contribution in [3.05, 3.63) is 54.1 Å². The first kappa shape index (κ1) is 21.2. The minimum atomic E-state index is -4.38. The Hall–Kier alpha value is -2.13. The highest BCUT2D eigenvalue weighted by Gasteiger charge is 2.29. The van der Waals surface area contributed by atoms with Gasteiger partial charge >= 0.3 is 5.51 Å². The van der Waals surface area contributed by atoms with Crippen molar-refractivity contribution in [2.24, 2.45) is 0 Å². The van der Waals surface area contributed by atoms with Gasteiger partial charge in [0.15, 0.2) is 0 Å².